The summed E-state index contributed by atoms with van der Waals surface area (Å²) in [7, 11) is 1.57. The van der Waals surface area contributed by atoms with Crippen LogP contribution in [0.15, 0.2) is 41.3 Å². The third-order valence-corrected chi connectivity index (χ3v) is 3.31. The van der Waals surface area contributed by atoms with Crippen LogP contribution < -0.4 is 10.3 Å². The molecule has 5 heteroatoms. The van der Waals surface area contributed by atoms with Crippen molar-refractivity contribution >= 4 is 10.9 Å². The number of aromatic nitrogens is 3. The fourth-order valence-electron chi connectivity index (χ4n) is 2.17. The van der Waals surface area contributed by atoms with Gasteiger partial charge in [-0.05, 0) is 36.8 Å². The fourth-order valence-corrected chi connectivity index (χ4v) is 2.17. The van der Waals surface area contributed by atoms with Crippen LogP contribution in [0.5, 0.6) is 5.75 Å². The monoisotopic (exact) mass is 311 g/mol. The Morgan fingerprint density at radius 3 is 2.61 bits per heavy atom. The third kappa shape index (κ3) is 3.94. The maximum absolute atomic E-state index is 12.1. The lowest BCUT2D eigenvalue weighted by Gasteiger charge is -2.05. The van der Waals surface area contributed by atoms with Crippen LogP contribution in [0.4, 0.5) is 0 Å². The van der Waals surface area contributed by atoms with Gasteiger partial charge >= 0.3 is 0 Å². The maximum Gasteiger partial charge on any atom is 0.258 e. The minimum atomic E-state index is -0.158. The first-order chi connectivity index (χ1) is 11.2. The molecule has 0 aliphatic rings. The van der Waals surface area contributed by atoms with Gasteiger partial charge in [0.05, 0.1) is 18.0 Å². The van der Waals surface area contributed by atoms with Crippen LogP contribution in [0, 0.1) is 6.92 Å². The number of nitrogens with zero attached hydrogens (tertiary/aromatic N) is 2. The molecular formula is C18H21N3O2. The van der Waals surface area contributed by atoms with Crippen molar-refractivity contribution < 1.29 is 4.74 Å². The molecule has 0 spiro atoms. The van der Waals surface area contributed by atoms with Crippen molar-refractivity contribution in [3.63, 3.8) is 0 Å². The van der Waals surface area contributed by atoms with Gasteiger partial charge in [-0.1, -0.05) is 19.9 Å². The summed E-state index contributed by atoms with van der Waals surface area (Å²) in [6, 6.07) is 9.21. The summed E-state index contributed by atoms with van der Waals surface area (Å²) < 4.78 is 5.13. The second kappa shape index (κ2) is 7.54. The summed E-state index contributed by atoms with van der Waals surface area (Å²) in [6.45, 7) is 5.94. The Hall–Kier alpha value is -2.69. The molecule has 2 heterocycles. The molecule has 1 aromatic carbocycles. The minimum Gasteiger partial charge on any atom is -0.497 e. The minimum absolute atomic E-state index is 0.158. The summed E-state index contributed by atoms with van der Waals surface area (Å²) in [5, 5.41) is 0.528. The quantitative estimate of drug-likeness (QED) is 0.806. The van der Waals surface area contributed by atoms with Crippen LogP contribution in [0.1, 0.15) is 30.9 Å². The van der Waals surface area contributed by atoms with Crippen molar-refractivity contribution in [1.29, 1.82) is 0 Å². The van der Waals surface area contributed by atoms with E-state index in [1.165, 1.54) is 0 Å². The Labute approximate surface area is 135 Å². The number of rotatable bonds is 3. The first kappa shape index (κ1) is 16.7. The Morgan fingerprint density at radius 2 is 1.96 bits per heavy atom. The van der Waals surface area contributed by atoms with E-state index in [0.717, 1.165) is 11.3 Å². The SMILES string of the molecule is CC.COc1ccc2nc(Cc3ccc(C)nc3)[nH]c(=O)c2c1. The Morgan fingerprint density at radius 1 is 1.17 bits per heavy atom. The van der Waals surface area contributed by atoms with Crippen LogP contribution in [-0.2, 0) is 6.42 Å². The van der Waals surface area contributed by atoms with Crippen molar-refractivity contribution in [3.05, 3.63) is 64.0 Å². The molecule has 0 saturated heterocycles. The zero-order valence-corrected chi connectivity index (χ0v) is 13.9. The molecule has 0 atom stereocenters. The van der Waals surface area contributed by atoms with Gasteiger partial charge in [0.25, 0.3) is 5.56 Å². The molecule has 0 saturated carbocycles. The highest BCUT2D eigenvalue weighted by atomic mass is 16.5. The molecule has 0 unspecified atom stereocenters. The molecular weight excluding hydrogens is 290 g/mol. The van der Waals surface area contributed by atoms with Gasteiger partial charge in [-0.25, -0.2) is 4.98 Å². The van der Waals surface area contributed by atoms with Crippen molar-refractivity contribution in [2.75, 3.05) is 7.11 Å². The number of hydrogen-bond acceptors (Lipinski definition) is 4. The van der Waals surface area contributed by atoms with E-state index in [-0.39, 0.29) is 5.56 Å². The molecule has 5 nitrogen and oxygen atoms in total. The third-order valence-electron chi connectivity index (χ3n) is 3.31. The lowest BCUT2D eigenvalue weighted by molar-refractivity contribution is 0.415. The number of nitrogens with one attached hydrogen (secondary N) is 1. The molecule has 3 rings (SSSR count). The number of aryl methyl sites for hydroxylation is 1. The molecule has 120 valence electrons. The molecule has 1 N–H and O–H groups in total. The standard InChI is InChI=1S/C16H15N3O2.C2H6/c1-10-3-4-11(9-17-10)7-15-18-14-6-5-12(21-2)8-13(14)16(20)19-15;1-2/h3-6,8-9H,7H2,1-2H3,(H,18,19,20);1-2H3. The van der Waals surface area contributed by atoms with E-state index >= 15 is 0 Å². The Bertz CT molecular complexity index is 839. The normalized spacial score (nSPS) is 10.1. The first-order valence-electron chi connectivity index (χ1n) is 7.64. The zero-order chi connectivity index (χ0) is 16.8. The average molecular weight is 311 g/mol. The second-order valence-corrected chi connectivity index (χ2v) is 4.88. The lowest BCUT2D eigenvalue weighted by atomic mass is 10.1. The summed E-state index contributed by atoms with van der Waals surface area (Å²) >= 11 is 0. The molecule has 3 aromatic rings. The number of fused-ring (bicyclic) bond motifs is 1. The van der Waals surface area contributed by atoms with E-state index in [0.29, 0.717) is 28.9 Å². The average Bonchev–Trinajstić information content (AvgIpc) is 2.58. The second-order valence-electron chi connectivity index (χ2n) is 4.88. The van der Waals surface area contributed by atoms with Gasteiger partial charge in [0, 0.05) is 18.3 Å². The fraction of sp³-hybridized carbons (Fsp3) is 0.278. The van der Waals surface area contributed by atoms with Gasteiger partial charge in [-0.3, -0.25) is 9.78 Å². The van der Waals surface area contributed by atoms with Gasteiger partial charge in [-0.15, -0.1) is 0 Å². The highest BCUT2D eigenvalue weighted by Crippen LogP contribution is 2.16. The van der Waals surface area contributed by atoms with Crippen LogP contribution in [0.3, 0.4) is 0 Å². The van der Waals surface area contributed by atoms with Crippen molar-refractivity contribution in [2.45, 2.75) is 27.2 Å². The summed E-state index contributed by atoms with van der Waals surface area (Å²) in [4.78, 5) is 23.7. The molecule has 0 fully saturated rings. The number of methoxy groups -OCH3 is 1. The van der Waals surface area contributed by atoms with Gasteiger partial charge in [-0.2, -0.15) is 0 Å². The van der Waals surface area contributed by atoms with Crippen molar-refractivity contribution in [3.8, 4) is 5.75 Å². The van der Waals surface area contributed by atoms with Gasteiger partial charge in [0.15, 0.2) is 0 Å². The number of ether oxygens (including phenoxy) is 1. The predicted molar refractivity (Wildman–Crippen MR) is 92.0 cm³/mol. The van der Waals surface area contributed by atoms with Crippen LogP contribution in [0.2, 0.25) is 0 Å². The molecule has 0 bridgehead atoms. The number of hydrogen-bond donors (Lipinski definition) is 1. The highest BCUT2D eigenvalue weighted by Gasteiger charge is 2.06. The van der Waals surface area contributed by atoms with E-state index in [9.17, 15) is 4.79 Å². The van der Waals surface area contributed by atoms with Gasteiger partial charge in [0.1, 0.15) is 11.6 Å². The van der Waals surface area contributed by atoms with Crippen molar-refractivity contribution in [1.82, 2.24) is 15.0 Å². The predicted octanol–water partition coefficient (Wildman–Crippen LogP) is 3.25. The smallest absolute Gasteiger partial charge is 0.258 e. The number of H-pyrrole nitrogens is 1. The first-order valence-corrected chi connectivity index (χ1v) is 7.64. The van der Waals surface area contributed by atoms with E-state index < -0.39 is 0 Å². The van der Waals surface area contributed by atoms with Crippen molar-refractivity contribution in [2.24, 2.45) is 0 Å². The van der Waals surface area contributed by atoms with Crippen LogP contribution in [0.25, 0.3) is 10.9 Å². The van der Waals surface area contributed by atoms with E-state index in [1.807, 2.05) is 32.9 Å². The Kier molecular flexibility index (Phi) is 5.46. The van der Waals surface area contributed by atoms with Gasteiger partial charge in [0.2, 0.25) is 0 Å². The summed E-state index contributed by atoms with van der Waals surface area (Å²) in [5.41, 5.74) is 2.48. The number of benzene rings is 1. The molecule has 0 amide bonds. The highest BCUT2D eigenvalue weighted by molar-refractivity contribution is 5.79. The number of pyridine rings is 1. The van der Waals surface area contributed by atoms with E-state index in [2.05, 4.69) is 15.0 Å². The largest absolute Gasteiger partial charge is 0.497 e. The molecule has 23 heavy (non-hydrogen) atoms. The summed E-state index contributed by atoms with van der Waals surface area (Å²) in [6.07, 6.45) is 2.35. The topological polar surface area (TPSA) is 67.9 Å². The Balaban J connectivity index is 0.000000924. The lowest BCUT2D eigenvalue weighted by Crippen LogP contribution is -2.12. The number of aromatic amines is 1. The molecule has 0 aliphatic carbocycles. The van der Waals surface area contributed by atoms with Gasteiger partial charge < -0.3 is 9.72 Å². The van der Waals surface area contributed by atoms with Crippen LogP contribution in [-0.4, -0.2) is 22.1 Å². The maximum atomic E-state index is 12.1. The zero-order valence-electron chi connectivity index (χ0n) is 13.9. The summed E-state index contributed by atoms with van der Waals surface area (Å²) in [5.74, 6) is 1.27. The van der Waals surface area contributed by atoms with E-state index in [4.69, 9.17) is 4.74 Å². The molecule has 2 aromatic heterocycles. The van der Waals surface area contributed by atoms with E-state index in [1.54, 1.807) is 31.5 Å². The van der Waals surface area contributed by atoms with Crippen LogP contribution >= 0.6 is 0 Å². The molecule has 0 aliphatic heterocycles. The molecule has 0 radical (unpaired) electrons.